The Labute approximate surface area is 139 Å². The second-order valence-corrected chi connectivity index (χ2v) is 7.70. The van der Waals surface area contributed by atoms with Gasteiger partial charge in [-0.25, -0.2) is 0 Å². The number of nitrogens with one attached hydrogen (secondary N) is 1. The number of hydrogen-bond acceptors (Lipinski definition) is 3. The molecule has 2 fully saturated rings. The third kappa shape index (κ3) is 3.46. The number of carbonyl (C=O) groups is 1. The maximum Gasteiger partial charge on any atom is 0.494 e. The van der Waals surface area contributed by atoms with Crippen molar-refractivity contribution >= 4 is 18.5 Å². The minimum atomic E-state index is -0.349. The molecule has 4 nitrogen and oxygen atoms in total. The highest BCUT2D eigenvalue weighted by molar-refractivity contribution is 6.62. The number of carbonyl (C=O) groups excluding carboxylic acids is 1. The highest BCUT2D eigenvalue weighted by atomic mass is 16.7. The van der Waals surface area contributed by atoms with Crippen LogP contribution in [0.4, 0.5) is 0 Å². The Bertz CT molecular complexity index is 562. The lowest BCUT2D eigenvalue weighted by molar-refractivity contribution is -0.121. The number of rotatable bonds is 4. The van der Waals surface area contributed by atoms with Gasteiger partial charge >= 0.3 is 7.12 Å². The smallest absolute Gasteiger partial charge is 0.399 e. The normalized spacial score (nSPS) is 22.7. The summed E-state index contributed by atoms with van der Waals surface area (Å²) in [5, 5.41) is 3.07. The van der Waals surface area contributed by atoms with Crippen LogP contribution >= 0.6 is 0 Å². The molecule has 0 spiro atoms. The van der Waals surface area contributed by atoms with Crippen LogP contribution in [0.5, 0.6) is 0 Å². The molecule has 124 valence electrons. The molecule has 0 atom stereocenters. The first-order valence-corrected chi connectivity index (χ1v) is 8.51. The van der Waals surface area contributed by atoms with Gasteiger partial charge in [-0.2, -0.15) is 0 Å². The monoisotopic (exact) mass is 315 g/mol. The largest absolute Gasteiger partial charge is 0.494 e. The zero-order chi connectivity index (χ0) is 16.7. The lowest BCUT2D eigenvalue weighted by Gasteiger charge is -2.32. The molecular weight excluding hydrogens is 289 g/mol. The molecule has 0 unspecified atom stereocenters. The third-order valence-corrected chi connectivity index (χ3v) is 5.34. The van der Waals surface area contributed by atoms with Gasteiger partial charge in [-0.3, -0.25) is 4.79 Å². The highest BCUT2D eigenvalue weighted by Crippen LogP contribution is 2.36. The molecule has 1 heterocycles. The van der Waals surface area contributed by atoms with Crippen LogP contribution in [0, 0.1) is 0 Å². The highest BCUT2D eigenvalue weighted by Gasteiger charge is 2.51. The van der Waals surface area contributed by atoms with E-state index in [1.807, 2.05) is 52.0 Å². The van der Waals surface area contributed by atoms with Gasteiger partial charge in [-0.15, -0.1) is 0 Å². The lowest BCUT2D eigenvalue weighted by Crippen LogP contribution is -2.41. The second-order valence-electron chi connectivity index (χ2n) is 7.70. The Morgan fingerprint density at radius 3 is 2.17 bits per heavy atom. The Balaban J connectivity index is 1.60. The molecule has 0 radical (unpaired) electrons. The van der Waals surface area contributed by atoms with E-state index in [0.717, 1.165) is 23.9 Å². The first kappa shape index (κ1) is 16.5. The van der Waals surface area contributed by atoms with Crippen molar-refractivity contribution in [1.29, 1.82) is 0 Å². The van der Waals surface area contributed by atoms with Crippen molar-refractivity contribution in [2.45, 2.75) is 70.6 Å². The predicted octanol–water partition coefficient (Wildman–Crippen LogP) is 2.20. The Hall–Kier alpha value is -1.33. The molecule has 1 aliphatic carbocycles. The summed E-state index contributed by atoms with van der Waals surface area (Å²) in [6.07, 6.45) is 3.90. The summed E-state index contributed by atoms with van der Waals surface area (Å²) in [7, 11) is -0.349. The topological polar surface area (TPSA) is 47.6 Å². The fourth-order valence-electron chi connectivity index (χ4n) is 2.79. The fourth-order valence-corrected chi connectivity index (χ4v) is 2.79. The molecule has 5 heteroatoms. The van der Waals surface area contributed by atoms with Gasteiger partial charge < -0.3 is 14.6 Å². The molecule has 0 aromatic heterocycles. The number of hydrogen-bond donors (Lipinski definition) is 1. The van der Waals surface area contributed by atoms with Crippen LogP contribution in [0.1, 0.15) is 52.5 Å². The summed E-state index contributed by atoms with van der Waals surface area (Å²) >= 11 is 0. The summed E-state index contributed by atoms with van der Waals surface area (Å²) < 4.78 is 12.1. The Morgan fingerprint density at radius 2 is 1.70 bits per heavy atom. The van der Waals surface area contributed by atoms with Crippen LogP contribution < -0.4 is 10.8 Å². The standard InChI is InChI=1S/C18H26BNO3/c1-17(2)18(3,4)23-19(22-17)14-10-8-13(9-11-14)12-16(21)20-15-6-5-7-15/h8-11,15H,5-7,12H2,1-4H3,(H,20,21). The molecule has 1 amide bonds. The van der Waals surface area contributed by atoms with E-state index < -0.39 is 0 Å². The van der Waals surface area contributed by atoms with Crippen LogP contribution in [0.15, 0.2) is 24.3 Å². The molecule has 1 N–H and O–H groups in total. The molecule has 1 aliphatic heterocycles. The molecule has 23 heavy (non-hydrogen) atoms. The van der Waals surface area contributed by atoms with E-state index in [1.165, 1.54) is 6.42 Å². The molecular formula is C18H26BNO3. The van der Waals surface area contributed by atoms with Gasteiger partial charge in [0.05, 0.1) is 17.6 Å². The van der Waals surface area contributed by atoms with Crippen LogP contribution in [-0.2, 0) is 20.5 Å². The van der Waals surface area contributed by atoms with E-state index in [-0.39, 0.29) is 24.2 Å². The van der Waals surface area contributed by atoms with E-state index in [1.54, 1.807) is 0 Å². The molecule has 0 bridgehead atoms. The van der Waals surface area contributed by atoms with E-state index >= 15 is 0 Å². The van der Waals surface area contributed by atoms with Crippen molar-refractivity contribution in [2.24, 2.45) is 0 Å². The van der Waals surface area contributed by atoms with Crippen molar-refractivity contribution < 1.29 is 14.1 Å². The SMILES string of the molecule is CC1(C)OB(c2ccc(CC(=O)NC3CCC3)cc2)OC1(C)C. The summed E-state index contributed by atoms with van der Waals surface area (Å²) in [5.74, 6) is 0.109. The van der Waals surface area contributed by atoms with Crippen LogP contribution in [0.25, 0.3) is 0 Å². The van der Waals surface area contributed by atoms with Crippen molar-refractivity contribution in [2.75, 3.05) is 0 Å². The molecule has 2 aliphatic rings. The Kier molecular flexibility index (Phi) is 4.28. The maximum atomic E-state index is 12.0. The summed E-state index contributed by atoms with van der Waals surface area (Å²) in [4.78, 5) is 12.0. The van der Waals surface area contributed by atoms with Crippen molar-refractivity contribution in [1.82, 2.24) is 5.32 Å². The van der Waals surface area contributed by atoms with Gasteiger partial charge in [-0.1, -0.05) is 24.3 Å². The Morgan fingerprint density at radius 1 is 1.13 bits per heavy atom. The third-order valence-electron chi connectivity index (χ3n) is 5.34. The summed E-state index contributed by atoms with van der Waals surface area (Å²) in [6.45, 7) is 8.19. The lowest BCUT2D eigenvalue weighted by atomic mass is 9.79. The van der Waals surface area contributed by atoms with E-state index in [4.69, 9.17) is 9.31 Å². The second kappa shape index (κ2) is 5.95. The van der Waals surface area contributed by atoms with Gasteiger partial charge in [0.15, 0.2) is 0 Å². The van der Waals surface area contributed by atoms with Gasteiger partial charge in [-0.05, 0) is 58.0 Å². The maximum absolute atomic E-state index is 12.0. The summed E-state index contributed by atoms with van der Waals surface area (Å²) in [6, 6.07) is 8.36. The average molecular weight is 315 g/mol. The van der Waals surface area contributed by atoms with Gasteiger partial charge in [0.1, 0.15) is 0 Å². The first-order chi connectivity index (χ1) is 10.8. The van der Waals surface area contributed by atoms with Crippen molar-refractivity contribution in [3.05, 3.63) is 29.8 Å². The first-order valence-electron chi connectivity index (χ1n) is 8.51. The average Bonchev–Trinajstić information content (AvgIpc) is 2.64. The van der Waals surface area contributed by atoms with Crippen LogP contribution in [0.2, 0.25) is 0 Å². The van der Waals surface area contributed by atoms with Gasteiger partial charge in [0.2, 0.25) is 5.91 Å². The minimum absolute atomic E-state index is 0.109. The minimum Gasteiger partial charge on any atom is -0.399 e. The van der Waals surface area contributed by atoms with E-state index in [2.05, 4.69) is 5.32 Å². The van der Waals surface area contributed by atoms with Crippen molar-refractivity contribution in [3.8, 4) is 0 Å². The molecule has 3 rings (SSSR count). The van der Waals surface area contributed by atoms with Crippen molar-refractivity contribution in [3.63, 3.8) is 0 Å². The van der Waals surface area contributed by atoms with Gasteiger partial charge in [0, 0.05) is 6.04 Å². The molecule has 1 aromatic carbocycles. The van der Waals surface area contributed by atoms with E-state index in [0.29, 0.717) is 12.5 Å². The fraction of sp³-hybridized carbons (Fsp3) is 0.611. The van der Waals surface area contributed by atoms with Crippen LogP contribution in [0.3, 0.4) is 0 Å². The molecule has 1 aromatic rings. The summed E-state index contributed by atoms with van der Waals surface area (Å²) in [5.41, 5.74) is 1.34. The predicted molar refractivity (Wildman–Crippen MR) is 91.6 cm³/mol. The quantitative estimate of drug-likeness (QED) is 0.867. The van der Waals surface area contributed by atoms with Crippen LogP contribution in [-0.4, -0.2) is 30.3 Å². The zero-order valence-electron chi connectivity index (χ0n) is 14.5. The molecule has 1 saturated heterocycles. The number of benzene rings is 1. The number of amides is 1. The molecule has 1 saturated carbocycles. The zero-order valence-corrected chi connectivity index (χ0v) is 14.5. The van der Waals surface area contributed by atoms with E-state index in [9.17, 15) is 4.79 Å². The van der Waals surface area contributed by atoms with Gasteiger partial charge in [0.25, 0.3) is 0 Å².